The monoisotopic (exact) mass is 281 g/mol. The van der Waals surface area contributed by atoms with Crippen LogP contribution in [0.2, 0.25) is 0 Å². The van der Waals surface area contributed by atoms with E-state index in [-0.39, 0.29) is 0 Å². The van der Waals surface area contributed by atoms with Crippen molar-refractivity contribution in [3.8, 4) is 17.6 Å². The summed E-state index contributed by atoms with van der Waals surface area (Å²) in [6, 6.07) is 15.0. The average Bonchev–Trinajstić information content (AvgIpc) is 2.47. The lowest BCUT2D eigenvalue weighted by Gasteiger charge is -2.14. The summed E-state index contributed by atoms with van der Waals surface area (Å²) in [6.07, 6.45) is -0.652. The topological polar surface area (TPSA) is 53.2 Å². The molecular weight excluding hydrogens is 262 g/mol. The van der Waals surface area contributed by atoms with Gasteiger partial charge in [-0.2, -0.15) is 5.26 Å². The molecule has 2 aromatic rings. The number of rotatable bonds is 4. The van der Waals surface area contributed by atoms with Crippen LogP contribution < -0.4 is 4.74 Å². The molecule has 3 heteroatoms. The minimum atomic E-state index is -0.652. The third-order valence-corrected chi connectivity index (χ3v) is 3.35. The van der Waals surface area contributed by atoms with Crippen molar-refractivity contribution in [2.45, 2.75) is 32.8 Å². The van der Waals surface area contributed by atoms with E-state index in [2.05, 4.69) is 26.0 Å². The Balaban J connectivity index is 2.38. The van der Waals surface area contributed by atoms with Crippen molar-refractivity contribution in [1.82, 2.24) is 0 Å². The van der Waals surface area contributed by atoms with E-state index in [4.69, 9.17) is 10.00 Å². The SMILES string of the molecule is CC(C)c1cccc(Oc2cc(C#N)ccc2[C@@H](C)O)c1. The van der Waals surface area contributed by atoms with E-state index >= 15 is 0 Å². The largest absolute Gasteiger partial charge is 0.457 e. The third-order valence-electron chi connectivity index (χ3n) is 3.35. The molecule has 0 saturated heterocycles. The number of ether oxygens (including phenoxy) is 1. The van der Waals surface area contributed by atoms with Crippen molar-refractivity contribution >= 4 is 0 Å². The molecule has 108 valence electrons. The van der Waals surface area contributed by atoms with E-state index in [1.165, 1.54) is 5.56 Å². The fourth-order valence-corrected chi connectivity index (χ4v) is 2.10. The Labute approximate surface area is 125 Å². The maximum absolute atomic E-state index is 9.83. The second-order valence-corrected chi connectivity index (χ2v) is 5.37. The van der Waals surface area contributed by atoms with Gasteiger partial charge in [0.1, 0.15) is 11.5 Å². The van der Waals surface area contributed by atoms with Gasteiger partial charge in [0, 0.05) is 5.56 Å². The highest BCUT2D eigenvalue weighted by molar-refractivity contribution is 5.46. The lowest BCUT2D eigenvalue weighted by molar-refractivity contribution is 0.195. The second-order valence-electron chi connectivity index (χ2n) is 5.37. The minimum Gasteiger partial charge on any atom is -0.457 e. The highest BCUT2D eigenvalue weighted by atomic mass is 16.5. The van der Waals surface area contributed by atoms with Crippen molar-refractivity contribution in [3.63, 3.8) is 0 Å². The summed E-state index contributed by atoms with van der Waals surface area (Å²) >= 11 is 0. The van der Waals surface area contributed by atoms with Crippen LogP contribution in [-0.2, 0) is 0 Å². The second kappa shape index (κ2) is 6.43. The van der Waals surface area contributed by atoms with Gasteiger partial charge >= 0.3 is 0 Å². The first-order valence-corrected chi connectivity index (χ1v) is 7.01. The fraction of sp³-hybridized carbons (Fsp3) is 0.278. The van der Waals surface area contributed by atoms with E-state index in [0.29, 0.717) is 28.5 Å². The highest BCUT2D eigenvalue weighted by Crippen LogP contribution is 2.31. The molecule has 2 aromatic carbocycles. The molecular formula is C18H19NO2. The molecule has 1 atom stereocenters. The molecule has 0 aromatic heterocycles. The Morgan fingerprint density at radius 3 is 2.48 bits per heavy atom. The molecule has 2 rings (SSSR count). The molecule has 0 bridgehead atoms. The van der Waals surface area contributed by atoms with Crippen LogP contribution in [0, 0.1) is 11.3 Å². The van der Waals surface area contributed by atoms with Gasteiger partial charge in [0.05, 0.1) is 17.7 Å². The summed E-state index contributed by atoms with van der Waals surface area (Å²) in [7, 11) is 0. The van der Waals surface area contributed by atoms with E-state index < -0.39 is 6.10 Å². The minimum absolute atomic E-state index is 0.412. The molecule has 21 heavy (non-hydrogen) atoms. The van der Waals surface area contributed by atoms with Crippen LogP contribution in [0.4, 0.5) is 0 Å². The Morgan fingerprint density at radius 1 is 1.10 bits per heavy atom. The summed E-state index contributed by atoms with van der Waals surface area (Å²) in [4.78, 5) is 0. The molecule has 0 aliphatic carbocycles. The van der Waals surface area contributed by atoms with Gasteiger partial charge in [-0.3, -0.25) is 0 Å². The van der Waals surface area contributed by atoms with Crippen LogP contribution in [0.25, 0.3) is 0 Å². The molecule has 0 aliphatic heterocycles. The molecule has 0 aliphatic rings. The molecule has 0 spiro atoms. The molecule has 0 saturated carbocycles. The number of hydrogen-bond donors (Lipinski definition) is 1. The Kier molecular flexibility index (Phi) is 4.62. The van der Waals surface area contributed by atoms with Gasteiger partial charge in [-0.05, 0) is 42.7 Å². The number of nitriles is 1. The number of benzene rings is 2. The van der Waals surface area contributed by atoms with Crippen molar-refractivity contribution in [2.24, 2.45) is 0 Å². The highest BCUT2D eigenvalue weighted by Gasteiger charge is 2.12. The van der Waals surface area contributed by atoms with Crippen molar-refractivity contribution in [1.29, 1.82) is 5.26 Å². The fourth-order valence-electron chi connectivity index (χ4n) is 2.10. The van der Waals surface area contributed by atoms with Crippen molar-refractivity contribution in [2.75, 3.05) is 0 Å². The predicted molar refractivity (Wildman–Crippen MR) is 82.4 cm³/mol. The number of aliphatic hydroxyl groups excluding tert-OH is 1. The zero-order chi connectivity index (χ0) is 15.4. The van der Waals surface area contributed by atoms with E-state index in [1.54, 1.807) is 25.1 Å². The van der Waals surface area contributed by atoms with Crippen molar-refractivity contribution < 1.29 is 9.84 Å². The molecule has 0 heterocycles. The lowest BCUT2D eigenvalue weighted by atomic mass is 10.0. The first-order chi connectivity index (χ1) is 10.0. The molecule has 0 unspecified atom stereocenters. The van der Waals surface area contributed by atoms with Crippen LogP contribution >= 0.6 is 0 Å². The number of nitrogens with zero attached hydrogens (tertiary/aromatic N) is 1. The Morgan fingerprint density at radius 2 is 1.86 bits per heavy atom. The molecule has 0 amide bonds. The normalized spacial score (nSPS) is 12.0. The van der Waals surface area contributed by atoms with Gasteiger partial charge in [-0.15, -0.1) is 0 Å². The number of aliphatic hydroxyl groups is 1. The van der Waals surface area contributed by atoms with E-state index in [0.717, 1.165) is 0 Å². The summed E-state index contributed by atoms with van der Waals surface area (Å²) in [5, 5.41) is 18.8. The first-order valence-electron chi connectivity index (χ1n) is 7.01. The van der Waals surface area contributed by atoms with Gasteiger partial charge in [0.25, 0.3) is 0 Å². The smallest absolute Gasteiger partial charge is 0.134 e. The van der Waals surface area contributed by atoms with Crippen LogP contribution in [0.15, 0.2) is 42.5 Å². The van der Waals surface area contributed by atoms with Crippen LogP contribution in [0.5, 0.6) is 11.5 Å². The maximum Gasteiger partial charge on any atom is 0.134 e. The predicted octanol–water partition coefficient (Wildman–Crippen LogP) is 4.53. The van der Waals surface area contributed by atoms with Crippen LogP contribution in [0.1, 0.15) is 49.5 Å². The van der Waals surface area contributed by atoms with Gasteiger partial charge in [-0.25, -0.2) is 0 Å². The lowest BCUT2D eigenvalue weighted by Crippen LogP contribution is -1.97. The standard InChI is InChI=1S/C18H19NO2/c1-12(2)15-5-4-6-16(10-15)21-18-9-14(11-19)7-8-17(18)13(3)20/h4-10,12-13,20H,1-3H3/t13-/m1/s1. The van der Waals surface area contributed by atoms with Gasteiger partial charge in [0.15, 0.2) is 0 Å². The van der Waals surface area contributed by atoms with E-state index in [1.807, 2.05) is 18.2 Å². The van der Waals surface area contributed by atoms with Crippen molar-refractivity contribution in [3.05, 3.63) is 59.2 Å². The molecule has 1 N–H and O–H groups in total. The third kappa shape index (κ3) is 3.62. The maximum atomic E-state index is 9.83. The summed E-state index contributed by atoms with van der Waals surface area (Å²) < 4.78 is 5.89. The first kappa shape index (κ1) is 15.1. The number of hydrogen-bond acceptors (Lipinski definition) is 3. The Bertz CT molecular complexity index is 669. The quantitative estimate of drug-likeness (QED) is 0.896. The zero-order valence-corrected chi connectivity index (χ0v) is 12.5. The van der Waals surface area contributed by atoms with Crippen LogP contribution in [-0.4, -0.2) is 5.11 Å². The average molecular weight is 281 g/mol. The van der Waals surface area contributed by atoms with Gasteiger partial charge in [-0.1, -0.05) is 32.0 Å². The van der Waals surface area contributed by atoms with Gasteiger partial charge in [0.2, 0.25) is 0 Å². The Hall–Kier alpha value is -2.31. The molecule has 0 radical (unpaired) electrons. The zero-order valence-electron chi connectivity index (χ0n) is 12.5. The summed E-state index contributed by atoms with van der Waals surface area (Å²) in [6.45, 7) is 5.92. The summed E-state index contributed by atoms with van der Waals surface area (Å²) in [5.74, 6) is 1.64. The molecule has 0 fully saturated rings. The van der Waals surface area contributed by atoms with E-state index in [9.17, 15) is 5.11 Å². The summed E-state index contributed by atoms with van der Waals surface area (Å²) in [5.41, 5.74) is 2.36. The van der Waals surface area contributed by atoms with Crippen LogP contribution in [0.3, 0.4) is 0 Å². The van der Waals surface area contributed by atoms with Gasteiger partial charge < -0.3 is 9.84 Å². The molecule has 3 nitrogen and oxygen atoms in total.